The van der Waals surface area contributed by atoms with Crippen molar-refractivity contribution in [3.63, 3.8) is 0 Å². The Hall–Kier alpha value is -1.91. The Bertz CT molecular complexity index is 583. The molecule has 0 aromatic carbocycles. The predicted octanol–water partition coefficient (Wildman–Crippen LogP) is 3.40. The maximum absolute atomic E-state index is 12.8. The number of nitrogens with zero attached hydrogens (tertiary/aromatic N) is 3. The van der Waals surface area contributed by atoms with Gasteiger partial charge in [-0.1, -0.05) is 20.8 Å². The molecule has 1 aromatic rings. The first kappa shape index (κ1) is 19.4. The minimum absolute atomic E-state index is 0.0111. The van der Waals surface area contributed by atoms with Crippen molar-refractivity contribution in [2.45, 2.75) is 46.5 Å². The number of pyridine rings is 1. The van der Waals surface area contributed by atoms with Crippen LogP contribution in [0.4, 0.5) is 5.82 Å². The van der Waals surface area contributed by atoms with E-state index in [2.05, 4.69) is 30.7 Å². The van der Waals surface area contributed by atoms with Crippen LogP contribution in [0.15, 0.2) is 18.3 Å². The molecule has 1 atom stereocenters. The number of hydrogen-bond donors (Lipinski definition) is 0. The Morgan fingerprint density at radius 2 is 2.12 bits per heavy atom. The van der Waals surface area contributed by atoms with Gasteiger partial charge in [-0.25, -0.2) is 4.98 Å². The lowest BCUT2D eigenvalue weighted by molar-refractivity contribution is -0.124. The highest BCUT2D eigenvalue weighted by atomic mass is 16.2. The second kappa shape index (κ2) is 8.97. The van der Waals surface area contributed by atoms with E-state index in [9.17, 15) is 9.59 Å². The van der Waals surface area contributed by atoms with E-state index >= 15 is 0 Å². The maximum atomic E-state index is 12.8. The highest BCUT2D eigenvalue weighted by Crippen LogP contribution is 2.22. The number of rotatable bonds is 7. The van der Waals surface area contributed by atoms with Gasteiger partial charge in [0.15, 0.2) is 0 Å². The molecule has 25 heavy (non-hydrogen) atoms. The molecule has 1 aromatic heterocycles. The number of likely N-dealkylation sites (tertiary alicyclic amines) is 1. The molecule has 2 rings (SSSR count). The number of piperidine rings is 1. The number of carbonyl (C=O) groups is 2. The van der Waals surface area contributed by atoms with Gasteiger partial charge in [0.05, 0.1) is 5.56 Å². The molecule has 0 unspecified atom stereocenters. The van der Waals surface area contributed by atoms with E-state index in [4.69, 9.17) is 0 Å². The third-order valence-corrected chi connectivity index (χ3v) is 4.72. The fraction of sp³-hybridized carbons (Fsp3) is 0.650. The Morgan fingerprint density at radius 3 is 2.72 bits per heavy atom. The number of anilines is 1. The van der Waals surface area contributed by atoms with Crippen molar-refractivity contribution < 1.29 is 9.59 Å². The summed E-state index contributed by atoms with van der Waals surface area (Å²) in [4.78, 5) is 33.4. The summed E-state index contributed by atoms with van der Waals surface area (Å²) in [6, 6.07) is 3.74. The summed E-state index contributed by atoms with van der Waals surface area (Å²) < 4.78 is 0. The number of aromatic nitrogens is 1. The van der Waals surface area contributed by atoms with Gasteiger partial charge in [0.1, 0.15) is 11.6 Å². The van der Waals surface area contributed by atoms with Crippen LogP contribution in [-0.4, -0.2) is 48.3 Å². The summed E-state index contributed by atoms with van der Waals surface area (Å²) in [5.74, 6) is 1.52. The van der Waals surface area contributed by atoms with Crippen molar-refractivity contribution in [2.24, 2.45) is 11.8 Å². The highest BCUT2D eigenvalue weighted by molar-refractivity contribution is 5.94. The molecule has 0 spiro atoms. The first-order valence-electron chi connectivity index (χ1n) is 9.41. The summed E-state index contributed by atoms with van der Waals surface area (Å²) in [5, 5.41) is 0. The van der Waals surface area contributed by atoms with Crippen molar-refractivity contribution in [2.75, 3.05) is 31.6 Å². The van der Waals surface area contributed by atoms with E-state index < -0.39 is 0 Å². The van der Waals surface area contributed by atoms with Gasteiger partial charge in [-0.3, -0.25) is 9.59 Å². The largest absolute Gasteiger partial charge is 0.360 e. The lowest BCUT2D eigenvalue weighted by Crippen LogP contribution is -2.42. The molecule has 1 saturated heterocycles. The zero-order chi connectivity index (χ0) is 18.4. The number of carbonyl (C=O) groups excluding carboxylic acids is 2. The monoisotopic (exact) mass is 345 g/mol. The van der Waals surface area contributed by atoms with Crippen LogP contribution in [-0.2, 0) is 4.79 Å². The van der Waals surface area contributed by atoms with E-state index in [-0.39, 0.29) is 11.8 Å². The fourth-order valence-electron chi connectivity index (χ4n) is 3.36. The summed E-state index contributed by atoms with van der Waals surface area (Å²) in [6.07, 6.45) is 5.11. The fourth-order valence-corrected chi connectivity index (χ4v) is 3.36. The van der Waals surface area contributed by atoms with Gasteiger partial charge >= 0.3 is 0 Å². The van der Waals surface area contributed by atoms with Crippen LogP contribution in [0.1, 0.15) is 56.8 Å². The van der Waals surface area contributed by atoms with Crippen LogP contribution >= 0.6 is 0 Å². The minimum Gasteiger partial charge on any atom is -0.360 e. The lowest BCUT2D eigenvalue weighted by atomic mass is 9.89. The summed E-state index contributed by atoms with van der Waals surface area (Å²) >= 11 is 0. The second-order valence-electron chi connectivity index (χ2n) is 7.48. The smallest absolute Gasteiger partial charge is 0.255 e. The summed E-state index contributed by atoms with van der Waals surface area (Å²) in [7, 11) is 2.00. The summed E-state index contributed by atoms with van der Waals surface area (Å²) in [6.45, 7) is 8.45. The third-order valence-electron chi connectivity index (χ3n) is 4.72. The maximum Gasteiger partial charge on any atom is 0.255 e. The van der Waals surface area contributed by atoms with Crippen LogP contribution in [0.25, 0.3) is 0 Å². The number of Topliss-reactive ketones (excluding diaryl/α,β-unsaturated/α-hetero) is 1. The van der Waals surface area contributed by atoms with Crippen LogP contribution in [0, 0.1) is 11.8 Å². The number of hydrogen-bond acceptors (Lipinski definition) is 4. The molecule has 0 aliphatic carbocycles. The normalized spacial score (nSPS) is 17.6. The first-order chi connectivity index (χ1) is 11.9. The van der Waals surface area contributed by atoms with Gasteiger partial charge in [0.2, 0.25) is 0 Å². The lowest BCUT2D eigenvalue weighted by Gasteiger charge is -2.32. The molecule has 0 N–H and O–H groups in total. The topological polar surface area (TPSA) is 53.5 Å². The summed E-state index contributed by atoms with van der Waals surface area (Å²) in [5.41, 5.74) is 0.602. The minimum atomic E-state index is -0.0146. The van der Waals surface area contributed by atoms with E-state index in [0.29, 0.717) is 30.2 Å². The average molecular weight is 345 g/mol. The van der Waals surface area contributed by atoms with Gasteiger partial charge in [0.25, 0.3) is 5.91 Å². The average Bonchev–Trinajstić information content (AvgIpc) is 2.61. The molecular formula is C20H31N3O2. The highest BCUT2D eigenvalue weighted by Gasteiger charge is 2.29. The van der Waals surface area contributed by atoms with E-state index in [1.165, 1.54) is 0 Å². The van der Waals surface area contributed by atoms with Gasteiger partial charge in [-0.05, 0) is 37.3 Å². The van der Waals surface area contributed by atoms with E-state index in [1.807, 2.05) is 24.1 Å². The van der Waals surface area contributed by atoms with Crippen LogP contribution in [0.3, 0.4) is 0 Å². The van der Waals surface area contributed by atoms with Crippen molar-refractivity contribution in [3.8, 4) is 0 Å². The van der Waals surface area contributed by atoms with Crippen molar-refractivity contribution in [1.82, 2.24) is 9.88 Å². The van der Waals surface area contributed by atoms with Crippen molar-refractivity contribution in [3.05, 3.63) is 23.9 Å². The van der Waals surface area contributed by atoms with Crippen molar-refractivity contribution in [1.29, 1.82) is 0 Å². The Kier molecular flexibility index (Phi) is 6.97. The third kappa shape index (κ3) is 5.28. The molecule has 1 aliphatic heterocycles. The SMILES string of the molecule is CCCN(C)c1ccc(C(=O)N2CCC[C@@H](C(=O)CC(C)C)C2)cn1. The zero-order valence-electron chi connectivity index (χ0n) is 16.0. The molecule has 5 heteroatoms. The molecule has 2 heterocycles. The molecule has 1 amide bonds. The van der Waals surface area contributed by atoms with Crippen LogP contribution in [0.2, 0.25) is 0 Å². The van der Waals surface area contributed by atoms with Crippen molar-refractivity contribution >= 4 is 17.5 Å². The number of amides is 1. The van der Waals surface area contributed by atoms with Crippen LogP contribution in [0.5, 0.6) is 0 Å². The molecule has 5 nitrogen and oxygen atoms in total. The standard InChI is InChI=1S/C20H31N3O2/c1-5-10-22(4)19-9-8-16(13-21-19)20(25)23-11-6-7-17(14-23)18(24)12-15(2)3/h8-9,13,15,17H,5-7,10-12,14H2,1-4H3/t17-/m1/s1. The molecule has 138 valence electrons. The molecule has 0 saturated carbocycles. The van der Waals surface area contributed by atoms with E-state index in [0.717, 1.165) is 38.2 Å². The molecule has 1 aliphatic rings. The molecule has 1 fully saturated rings. The van der Waals surface area contributed by atoms with Gasteiger partial charge < -0.3 is 9.80 Å². The van der Waals surface area contributed by atoms with E-state index in [1.54, 1.807) is 6.20 Å². The number of ketones is 1. The molecule has 0 radical (unpaired) electrons. The molecule has 0 bridgehead atoms. The quantitative estimate of drug-likeness (QED) is 0.760. The predicted molar refractivity (Wildman–Crippen MR) is 101 cm³/mol. The zero-order valence-corrected chi connectivity index (χ0v) is 16.0. The van der Waals surface area contributed by atoms with Gasteiger partial charge in [-0.15, -0.1) is 0 Å². The Balaban J connectivity index is 2.00. The second-order valence-corrected chi connectivity index (χ2v) is 7.48. The first-order valence-corrected chi connectivity index (χ1v) is 9.41. The Labute approximate surface area is 151 Å². The van der Waals surface area contributed by atoms with Gasteiger partial charge in [0, 0.05) is 45.2 Å². The Morgan fingerprint density at radius 1 is 1.36 bits per heavy atom. The van der Waals surface area contributed by atoms with Crippen LogP contribution < -0.4 is 4.90 Å². The van der Waals surface area contributed by atoms with Gasteiger partial charge in [-0.2, -0.15) is 0 Å². The molecular weight excluding hydrogens is 314 g/mol.